The van der Waals surface area contributed by atoms with E-state index in [1.807, 2.05) is 66.7 Å². The van der Waals surface area contributed by atoms with Crippen molar-refractivity contribution in [1.82, 2.24) is 10.2 Å². The molecule has 1 aromatic carbocycles. The molecule has 6 heteroatoms. The van der Waals surface area contributed by atoms with Crippen LogP contribution in [0.15, 0.2) is 30.3 Å². The van der Waals surface area contributed by atoms with E-state index >= 15 is 0 Å². The minimum absolute atomic E-state index is 0.0107. The van der Waals surface area contributed by atoms with Crippen LogP contribution in [0.4, 0.5) is 4.79 Å². The lowest BCUT2D eigenvalue weighted by atomic mass is 9.72. The molecule has 0 radical (unpaired) electrons. The Morgan fingerprint density at radius 1 is 1.07 bits per heavy atom. The molecule has 29 heavy (non-hydrogen) atoms. The Morgan fingerprint density at radius 2 is 1.66 bits per heavy atom. The largest absolute Gasteiger partial charge is 0.458 e. The van der Waals surface area contributed by atoms with Gasteiger partial charge < -0.3 is 14.8 Å². The van der Waals surface area contributed by atoms with Crippen molar-refractivity contribution < 1.29 is 19.1 Å². The summed E-state index contributed by atoms with van der Waals surface area (Å²) < 4.78 is 11.3. The van der Waals surface area contributed by atoms with Crippen molar-refractivity contribution in [3.05, 3.63) is 35.9 Å². The monoisotopic (exact) mass is 404 g/mol. The molecule has 1 aliphatic rings. The van der Waals surface area contributed by atoms with Crippen LogP contribution in [-0.2, 0) is 20.8 Å². The van der Waals surface area contributed by atoms with Crippen LogP contribution in [0, 0.1) is 5.92 Å². The molecule has 1 amide bonds. The Hall–Kier alpha value is -2.08. The van der Waals surface area contributed by atoms with Gasteiger partial charge in [-0.05, 0) is 60.1 Å². The van der Waals surface area contributed by atoms with Crippen molar-refractivity contribution in [1.29, 1.82) is 0 Å². The highest BCUT2D eigenvalue weighted by Gasteiger charge is 2.61. The summed E-state index contributed by atoms with van der Waals surface area (Å²) in [6.07, 6.45) is -0.000621. The number of esters is 1. The van der Waals surface area contributed by atoms with E-state index in [1.165, 1.54) is 5.56 Å². The molecule has 0 unspecified atom stereocenters. The number of hydrogen-bond donors (Lipinski definition) is 1. The molecule has 1 N–H and O–H groups in total. The first-order chi connectivity index (χ1) is 13.3. The Morgan fingerprint density at radius 3 is 2.17 bits per heavy atom. The summed E-state index contributed by atoms with van der Waals surface area (Å²) in [5.41, 5.74) is -1.10. The second-order valence-corrected chi connectivity index (χ2v) is 9.83. The average molecular weight is 405 g/mol. The molecule has 2 rings (SSSR count). The predicted molar refractivity (Wildman–Crippen MR) is 113 cm³/mol. The van der Waals surface area contributed by atoms with E-state index in [1.54, 1.807) is 4.90 Å². The van der Waals surface area contributed by atoms with Crippen molar-refractivity contribution in [2.45, 2.75) is 78.2 Å². The quantitative estimate of drug-likeness (QED) is 0.570. The third-order valence-corrected chi connectivity index (χ3v) is 4.97. The molecule has 1 saturated heterocycles. The number of likely N-dealkylation sites (tertiary alicyclic amines) is 1. The van der Waals surface area contributed by atoms with Gasteiger partial charge in [-0.25, -0.2) is 9.59 Å². The lowest BCUT2D eigenvalue weighted by Crippen LogP contribution is -2.73. The maximum absolute atomic E-state index is 13.2. The van der Waals surface area contributed by atoms with Crippen molar-refractivity contribution in [3.63, 3.8) is 0 Å². The third-order valence-electron chi connectivity index (χ3n) is 4.97. The molecule has 162 valence electrons. The molecular weight excluding hydrogens is 368 g/mol. The number of carbonyl (C=O) groups is 2. The normalized spacial score (nSPS) is 22.0. The number of hydrogen-bond acceptors (Lipinski definition) is 5. The van der Waals surface area contributed by atoms with Gasteiger partial charge in [0.15, 0.2) is 0 Å². The summed E-state index contributed by atoms with van der Waals surface area (Å²) in [5, 5.41) is 3.39. The van der Waals surface area contributed by atoms with Crippen LogP contribution in [0.5, 0.6) is 0 Å². The van der Waals surface area contributed by atoms with Crippen LogP contribution < -0.4 is 5.32 Å². The van der Waals surface area contributed by atoms with Gasteiger partial charge in [0.25, 0.3) is 0 Å². The standard InChI is InChI=1S/C23H36N2O4/c1-17-16-25(20(27)29-22(5,6)7)23(17,19(26)28-21(2,3)4)13-14-24-15-18-11-9-8-10-12-18/h8-12,17,24H,13-16H2,1-7H3/t17-,23+/m0/s1. The van der Waals surface area contributed by atoms with Crippen LogP contribution in [0.25, 0.3) is 0 Å². The summed E-state index contributed by atoms with van der Waals surface area (Å²) in [5.74, 6) is -0.375. The molecule has 0 aliphatic carbocycles. The van der Waals surface area contributed by atoms with Gasteiger partial charge in [0.2, 0.25) is 0 Å². The minimum atomic E-state index is -1.01. The van der Waals surface area contributed by atoms with Gasteiger partial charge in [0, 0.05) is 19.0 Å². The van der Waals surface area contributed by atoms with Crippen LogP contribution in [0.2, 0.25) is 0 Å². The minimum Gasteiger partial charge on any atom is -0.458 e. The van der Waals surface area contributed by atoms with E-state index in [0.717, 1.165) is 0 Å². The Labute approximate surface area is 174 Å². The fourth-order valence-electron chi connectivity index (χ4n) is 3.56. The fraction of sp³-hybridized carbons (Fsp3) is 0.652. The van der Waals surface area contributed by atoms with Gasteiger partial charge in [-0.1, -0.05) is 37.3 Å². The highest BCUT2D eigenvalue weighted by atomic mass is 16.6. The van der Waals surface area contributed by atoms with Crippen LogP contribution >= 0.6 is 0 Å². The molecule has 6 nitrogen and oxygen atoms in total. The lowest BCUT2D eigenvalue weighted by Gasteiger charge is -2.55. The van der Waals surface area contributed by atoms with Gasteiger partial charge >= 0.3 is 12.1 Å². The molecule has 1 aromatic rings. The van der Waals surface area contributed by atoms with Gasteiger partial charge in [0.1, 0.15) is 16.7 Å². The van der Waals surface area contributed by atoms with Gasteiger partial charge in [-0.15, -0.1) is 0 Å². The van der Waals surface area contributed by atoms with Crippen molar-refractivity contribution >= 4 is 12.1 Å². The van der Waals surface area contributed by atoms with Gasteiger partial charge in [0.05, 0.1) is 0 Å². The maximum atomic E-state index is 13.2. The highest BCUT2D eigenvalue weighted by Crippen LogP contribution is 2.42. The number of rotatable bonds is 6. The summed E-state index contributed by atoms with van der Waals surface area (Å²) in [6, 6.07) is 10.1. The highest BCUT2D eigenvalue weighted by molar-refractivity contribution is 5.88. The number of carbonyl (C=O) groups excluding carboxylic acids is 2. The number of nitrogens with zero attached hydrogens (tertiary/aromatic N) is 1. The molecule has 0 saturated carbocycles. The lowest BCUT2D eigenvalue weighted by molar-refractivity contribution is -0.187. The summed E-state index contributed by atoms with van der Waals surface area (Å²) in [6.45, 7) is 14.7. The van der Waals surface area contributed by atoms with Crippen LogP contribution in [0.3, 0.4) is 0 Å². The van der Waals surface area contributed by atoms with E-state index in [0.29, 0.717) is 26.1 Å². The molecule has 0 spiro atoms. The van der Waals surface area contributed by atoms with Crippen LogP contribution in [-0.4, -0.2) is 46.8 Å². The first-order valence-corrected chi connectivity index (χ1v) is 10.3. The van der Waals surface area contributed by atoms with E-state index in [9.17, 15) is 9.59 Å². The van der Waals surface area contributed by atoms with Crippen molar-refractivity contribution in [3.8, 4) is 0 Å². The number of nitrogens with one attached hydrogen (secondary N) is 1. The Bertz CT molecular complexity index is 706. The smallest absolute Gasteiger partial charge is 0.411 e. The molecule has 2 atom stereocenters. The second kappa shape index (κ2) is 8.74. The summed E-state index contributed by atoms with van der Waals surface area (Å²) in [7, 11) is 0. The van der Waals surface area contributed by atoms with Gasteiger partial charge in [-0.2, -0.15) is 0 Å². The zero-order chi connectivity index (χ0) is 21.9. The van der Waals surface area contributed by atoms with E-state index in [-0.39, 0.29) is 11.9 Å². The molecule has 1 fully saturated rings. The zero-order valence-electron chi connectivity index (χ0n) is 18.9. The van der Waals surface area contributed by atoms with Crippen molar-refractivity contribution in [2.75, 3.05) is 13.1 Å². The molecule has 1 aliphatic heterocycles. The zero-order valence-corrected chi connectivity index (χ0v) is 18.9. The van der Waals surface area contributed by atoms with Crippen molar-refractivity contribution in [2.24, 2.45) is 5.92 Å². The Kier molecular flexibility index (Phi) is 6.99. The molecular formula is C23H36N2O4. The van der Waals surface area contributed by atoms with E-state index in [2.05, 4.69) is 17.4 Å². The first kappa shape index (κ1) is 23.2. The SMILES string of the molecule is C[C@H]1CN(C(=O)OC(C)(C)C)[C@@]1(CCNCc1ccccc1)C(=O)OC(C)(C)C. The summed E-state index contributed by atoms with van der Waals surface area (Å²) in [4.78, 5) is 27.6. The Balaban J connectivity index is 2.14. The van der Waals surface area contributed by atoms with E-state index in [4.69, 9.17) is 9.47 Å². The number of ether oxygens (including phenoxy) is 2. The topological polar surface area (TPSA) is 67.9 Å². The molecule has 0 aromatic heterocycles. The average Bonchev–Trinajstić information content (AvgIpc) is 2.57. The predicted octanol–water partition coefficient (Wildman–Crippen LogP) is 4.13. The van der Waals surface area contributed by atoms with E-state index < -0.39 is 22.8 Å². The van der Waals surface area contributed by atoms with Crippen LogP contribution in [0.1, 0.15) is 60.5 Å². The number of amides is 1. The molecule has 1 heterocycles. The number of benzene rings is 1. The molecule has 0 bridgehead atoms. The second-order valence-electron chi connectivity index (χ2n) is 9.83. The first-order valence-electron chi connectivity index (χ1n) is 10.3. The summed E-state index contributed by atoms with van der Waals surface area (Å²) >= 11 is 0. The fourth-order valence-corrected chi connectivity index (χ4v) is 3.56. The maximum Gasteiger partial charge on any atom is 0.411 e. The van der Waals surface area contributed by atoms with Gasteiger partial charge in [-0.3, -0.25) is 4.90 Å². The third kappa shape index (κ3) is 5.95.